The number of anilines is 1. The van der Waals surface area contributed by atoms with Gasteiger partial charge >= 0.3 is 0 Å². The monoisotopic (exact) mass is 333 g/mol. The summed E-state index contributed by atoms with van der Waals surface area (Å²) in [5, 5.41) is 7.30. The third-order valence-corrected chi connectivity index (χ3v) is 4.06. The summed E-state index contributed by atoms with van der Waals surface area (Å²) >= 11 is 5.53. The van der Waals surface area contributed by atoms with Crippen LogP contribution in [0.25, 0.3) is 0 Å². The summed E-state index contributed by atoms with van der Waals surface area (Å²) in [5.74, 6) is 0. The molecule has 0 aliphatic rings. The molecule has 1 aromatic heterocycles. The molecule has 0 unspecified atom stereocenters. The van der Waals surface area contributed by atoms with Gasteiger partial charge in [0.1, 0.15) is 0 Å². The van der Waals surface area contributed by atoms with Crippen molar-refractivity contribution in [2.24, 2.45) is 0 Å². The van der Waals surface area contributed by atoms with Crippen LogP contribution in [-0.4, -0.2) is 10.1 Å². The molecule has 0 bridgehead atoms. The number of hydrogen-bond acceptors (Lipinski definition) is 2. The van der Waals surface area contributed by atoms with Crippen molar-refractivity contribution in [2.75, 3.05) is 5.32 Å². The highest BCUT2D eigenvalue weighted by atomic mass is 32.1. The molecule has 0 saturated heterocycles. The third-order valence-electron chi connectivity index (χ3n) is 3.84. The Morgan fingerprint density at radius 1 is 0.875 bits per heavy atom. The van der Waals surface area contributed by atoms with Gasteiger partial charge in [-0.2, -0.15) is 0 Å². The highest BCUT2D eigenvalue weighted by Crippen LogP contribution is 2.22. The lowest BCUT2D eigenvalue weighted by Crippen LogP contribution is -2.33. The molecule has 1 atom stereocenters. The molecule has 120 valence electrons. The minimum absolute atomic E-state index is 0.0294. The molecule has 1 heterocycles. The first-order valence-corrected chi connectivity index (χ1v) is 8.23. The van der Waals surface area contributed by atoms with Crippen molar-refractivity contribution in [1.29, 1.82) is 0 Å². The van der Waals surface area contributed by atoms with Crippen LogP contribution in [0.15, 0.2) is 79.1 Å². The highest BCUT2D eigenvalue weighted by Gasteiger charge is 2.15. The summed E-state index contributed by atoms with van der Waals surface area (Å²) in [5.41, 5.74) is 4.43. The molecule has 0 fully saturated rings. The van der Waals surface area contributed by atoms with Crippen LogP contribution in [0.1, 0.15) is 22.7 Å². The number of hydrogen-bond donors (Lipinski definition) is 2. The van der Waals surface area contributed by atoms with Crippen molar-refractivity contribution in [3.05, 3.63) is 95.8 Å². The molecule has 0 saturated carbocycles. The largest absolute Gasteiger partial charge is 0.352 e. The average molecular weight is 333 g/mol. The molecule has 0 radical (unpaired) electrons. The van der Waals surface area contributed by atoms with E-state index in [9.17, 15) is 0 Å². The van der Waals surface area contributed by atoms with Crippen molar-refractivity contribution < 1.29 is 0 Å². The van der Waals surface area contributed by atoms with Gasteiger partial charge in [0, 0.05) is 18.1 Å². The minimum Gasteiger partial charge on any atom is -0.352 e. The number of thiocarbonyl (C=S) groups is 1. The van der Waals surface area contributed by atoms with E-state index in [0.29, 0.717) is 5.11 Å². The van der Waals surface area contributed by atoms with E-state index < -0.39 is 0 Å². The summed E-state index contributed by atoms with van der Waals surface area (Å²) in [7, 11) is 0. The number of pyridine rings is 1. The fourth-order valence-electron chi connectivity index (χ4n) is 2.56. The van der Waals surface area contributed by atoms with Crippen LogP contribution in [0.5, 0.6) is 0 Å². The molecule has 2 N–H and O–H groups in total. The number of benzene rings is 2. The van der Waals surface area contributed by atoms with Gasteiger partial charge in [0.15, 0.2) is 5.11 Å². The van der Waals surface area contributed by atoms with E-state index in [1.165, 1.54) is 0 Å². The van der Waals surface area contributed by atoms with Crippen LogP contribution in [0.3, 0.4) is 0 Å². The van der Waals surface area contributed by atoms with E-state index in [1.807, 2.05) is 48.5 Å². The summed E-state index contributed by atoms with van der Waals surface area (Å²) in [4.78, 5) is 4.10. The first kappa shape index (κ1) is 16.1. The number of aromatic nitrogens is 1. The van der Waals surface area contributed by atoms with Gasteiger partial charge in [-0.3, -0.25) is 4.98 Å². The van der Waals surface area contributed by atoms with E-state index in [2.05, 4.69) is 40.7 Å². The maximum atomic E-state index is 5.53. The van der Waals surface area contributed by atoms with Crippen LogP contribution in [0.4, 0.5) is 5.69 Å². The van der Waals surface area contributed by atoms with E-state index in [-0.39, 0.29) is 6.04 Å². The Morgan fingerprint density at radius 3 is 2.21 bits per heavy atom. The Morgan fingerprint density at radius 2 is 1.50 bits per heavy atom. The molecule has 3 nitrogen and oxygen atoms in total. The number of nitrogens with one attached hydrogen (secondary N) is 2. The number of para-hydroxylation sites is 1. The number of rotatable bonds is 4. The van der Waals surface area contributed by atoms with Gasteiger partial charge in [-0.05, 0) is 54.0 Å². The van der Waals surface area contributed by atoms with Gasteiger partial charge in [0.05, 0.1) is 6.04 Å². The van der Waals surface area contributed by atoms with Crippen LogP contribution >= 0.6 is 12.2 Å². The van der Waals surface area contributed by atoms with Gasteiger partial charge in [0.2, 0.25) is 0 Å². The number of aryl methyl sites for hydroxylation is 1. The lowest BCUT2D eigenvalue weighted by molar-refractivity contribution is 0.766. The van der Waals surface area contributed by atoms with Crippen LogP contribution < -0.4 is 10.6 Å². The molecule has 0 amide bonds. The fourth-order valence-corrected chi connectivity index (χ4v) is 2.79. The van der Waals surface area contributed by atoms with Crippen LogP contribution in [-0.2, 0) is 0 Å². The fraction of sp³-hybridized carbons (Fsp3) is 0.100. The second-order valence-corrected chi connectivity index (χ2v) is 5.95. The normalized spacial score (nSPS) is 11.5. The SMILES string of the molecule is Cc1ccccc1NC(=S)N[C@H](c1ccccc1)c1ccncc1. The Bertz CT molecular complexity index is 764. The molecular weight excluding hydrogens is 314 g/mol. The first-order valence-electron chi connectivity index (χ1n) is 7.82. The lowest BCUT2D eigenvalue weighted by atomic mass is 10.00. The maximum Gasteiger partial charge on any atom is 0.171 e. The predicted molar refractivity (Wildman–Crippen MR) is 103 cm³/mol. The molecule has 0 spiro atoms. The minimum atomic E-state index is -0.0294. The van der Waals surface area contributed by atoms with Crippen LogP contribution in [0, 0.1) is 6.92 Å². The summed E-state index contributed by atoms with van der Waals surface area (Å²) in [6.45, 7) is 2.06. The van der Waals surface area contributed by atoms with Crippen molar-refractivity contribution in [3.8, 4) is 0 Å². The standard InChI is InChI=1S/C20H19N3S/c1-15-7-5-6-10-18(15)22-20(24)23-19(16-8-3-2-4-9-16)17-11-13-21-14-12-17/h2-14,19H,1H3,(H2,22,23,24)/t19-/m1/s1. The molecule has 3 rings (SSSR count). The Kier molecular flexibility index (Phi) is 5.18. The molecule has 0 aliphatic heterocycles. The molecular formula is C20H19N3S. The van der Waals surface area contributed by atoms with Crippen LogP contribution in [0.2, 0.25) is 0 Å². The molecule has 2 aromatic carbocycles. The second-order valence-electron chi connectivity index (χ2n) is 5.54. The third kappa shape index (κ3) is 3.97. The maximum absolute atomic E-state index is 5.53. The van der Waals surface area contributed by atoms with Gasteiger partial charge in [-0.25, -0.2) is 0 Å². The smallest absolute Gasteiger partial charge is 0.171 e. The Balaban J connectivity index is 1.82. The summed E-state index contributed by atoms with van der Waals surface area (Å²) < 4.78 is 0. The second kappa shape index (κ2) is 7.70. The van der Waals surface area contributed by atoms with Gasteiger partial charge in [-0.1, -0.05) is 48.5 Å². The lowest BCUT2D eigenvalue weighted by Gasteiger charge is -2.22. The predicted octanol–water partition coefficient (Wildman–Crippen LogP) is 4.47. The zero-order valence-corrected chi connectivity index (χ0v) is 14.3. The topological polar surface area (TPSA) is 37.0 Å². The molecule has 3 aromatic rings. The zero-order chi connectivity index (χ0) is 16.8. The van der Waals surface area contributed by atoms with Crippen molar-refractivity contribution in [3.63, 3.8) is 0 Å². The Labute approximate surface area is 147 Å². The molecule has 24 heavy (non-hydrogen) atoms. The summed E-state index contributed by atoms with van der Waals surface area (Å²) in [6.07, 6.45) is 3.59. The van der Waals surface area contributed by atoms with Crippen molar-refractivity contribution in [2.45, 2.75) is 13.0 Å². The van der Waals surface area contributed by atoms with Gasteiger partial charge in [-0.15, -0.1) is 0 Å². The van der Waals surface area contributed by atoms with E-state index in [4.69, 9.17) is 12.2 Å². The van der Waals surface area contributed by atoms with Gasteiger partial charge in [0.25, 0.3) is 0 Å². The highest BCUT2D eigenvalue weighted by molar-refractivity contribution is 7.80. The Hall–Kier alpha value is -2.72. The van der Waals surface area contributed by atoms with Gasteiger partial charge < -0.3 is 10.6 Å². The van der Waals surface area contributed by atoms with E-state index in [1.54, 1.807) is 12.4 Å². The molecule has 4 heteroatoms. The zero-order valence-electron chi connectivity index (χ0n) is 13.4. The molecule has 0 aliphatic carbocycles. The van der Waals surface area contributed by atoms with E-state index in [0.717, 1.165) is 22.4 Å². The summed E-state index contributed by atoms with van der Waals surface area (Å²) in [6, 6.07) is 22.3. The quantitative estimate of drug-likeness (QED) is 0.691. The number of nitrogens with zero attached hydrogens (tertiary/aromatic N) is 1. The van der Waals surface area contributed by atoms with Crippen molar-refractivity contribution >= 4 is 23.0 Å². The first-order chi connectivity index (χ1) is 11.7. The van der Waals surface area contributed by atoms with Crippen molar-refractivity contribution in [1.82, 2.24) is 10.3 Å². The average Bonchev–Trinajstić information content (AvgIpc) is 2.63. The van der Waals surface area contributed by atoms with E-state index >= 15 is 0 Å².